The average Bonchev–Trinajstić information content (AvgIpc) is 2.67. The molecule has 0 aromatic heterocycles. The third-order valence-corrected chi connectivity index (χ3v) is 3.51. The summed E-state index contributed by atoms with van der Waals surface area (Å²) in [6, 6.07) is 7.66. The summed E-state index contributed by atoms with van der Waals surface area (Å²) in [5, 5.41) is 13.1. The molecule has 1 aromatic rings. The van der Waals surface area contributed by atoms with Gasteiger partial charge in [-0.2, -0.15) is 0 Å². The Bertz CT molecular complexity index is 342. The molecule has 1 aromatic carbocycles. The molecule has 1 aliphatic heterocycles. The molecule has 1 atom stereocenters. The molecule has 2 heteroatoms. The summed E-state index contributed by atoms with van der Waals surface area (Å²) in [5.74, 6) is 0.377. The molecule has 2 nitrogen and oxygen atoms in total. The van der Waals surface area contributed by atoms with Gasteiger partial charge in [0.2, 0.25) is 0 Å². The van der Waals surface area contributed by atoms with Crippen molar-refractivity contribution in [3.8, 4) is 5.75 Å². The fraction of sp³-hybridized carbons (Fsp3) is 0.571. The number of aromatic hydroxyl groups is 1. The van der Waals surface area contributed by atoms with Crippen molar-refractivity contribution in [3.05, 3.63) is 29.8 Å². The summed E-state index contributed by atoms with van der Waals surface area (Å²) in [7, 11) is 0. The molecule has 0 saturated carbocycles. The lowest BCUT2D eigenvalue weighted by atomic mass is 9.85. The highest BCUT2D eigenvalue weighted by molar-refractivity contribution is 5.28. The second kappa shape index (κ2) is 4.88. The monoisotopic (exact) mass is 219 g/mol. The van der Waals surface area contributed by atoms with Crippen molar-refractivity contribution in [2.24, 2.45) is 0 Å². The van der Waals surface area contributed by atoms with Crippen LogP contribution < -0.4 is 5.32 Å². The lowest BCUT2D eigenvalue weighted by Gasteiger charge is -2.29. The molecule has 1 fully saturated rings. The number of hydrogen-bond donors (Lipinski definition) is 2. The van der Waals surface area contributed by atoms with E-state index in [2.05, 4.69) is 18.3 Å². The van der Waals surface area contributed by atoms with Gasteiger partial charge in [-0.15, -0.1) is 0 Å². The first-order valence-electron chi connectivity index (χ1n) is 6.27. The maximum absolute atomic E-state index is 9.48. The second-order valence-corrected chi connectivity index (χ2v) is 4.91. The van der Waals surface area contributed by atoms with E-state index >= 15 is 0 Å². The molecule has 1 unspecified atom stereocenters. The molecule has 2 N–H and O–H groups in total. The molecule has 1 aliphatic rings. The molecule has 1 saturated heterocycles. The summed E-state index contributed by atoms with van der Waals surface area (Å²) in [5.41, 5.74) is 1.52. The number of nitrogens with one attached hydrogen (secondary N) is 1. The van der Waals surface area contributed by atoms with Gasteiger partial charge in [-0.3, -0.25) is 0 Å². The van der Waals surface area contributed by atoms with E-state index in [1.807, 2.05) is 12.1 Å². The Morgan fingerprint density at radius 3 is 2.94 bits per heavy atom. The summed E-state index contributed by atoms with van der Waals surface area (Å²) < 4.78 is 0. The van der Waals surface area contributed by atoms with Gasteiger partial charge in [0.15, 0.2) is 0 Å². The Morgan fingerprint density at radius 2 is 2.31 bits per heavy atom. The molecule has 1 heterocycles. The van der Waals surface area contributed by atoms with Crippen LogP contribution in [0.3, 0.4) is 0 Å². The Hall–Kier alpha value is -1.02. The minimum Gasteiger partial charge on any atom is -0.508 e. The van der Waals surface area contributed by atoms with E-state index in [0.29, 0.717) is 5.75 Å². The second-order valence-electron chi connectivity index (χ2n) is 4.91. The summed E-state index contributed by atoms with van der Waals surface area (Å²) in [6.07, 6.45) is 6.01. The smallest absolute Gasteiger partial charge is 0.115 e. The van der Waals surface area contributed by atoms with E-state index in [4.69, 9.17) is 0 Å². The molecular weight excluding hydrogens is 198 g/mol. The Morgan fingerprint density at radius 1 is 1.44 bits per heavy atom. The predicted octanol–water partition coefficient (Wildman–Crippen LogP) is 2.86. The van der Waals surface area contributed by atoms with Crippen molar-refractivity contribution in [1.29, 1.82) is 0 Å². The van der Waals surface area contributed by atoms with Gasteiger partial charge in [-0.25, -0.2) is 0 Å². The fourth-order valence-corrected chi connectivity index (χ4v) is 2.86. The predicted molar refractivity (Wildman–Crippen MR) is 66.7 cm³/mol. The number of phenolic OH excluding ortho intramolecular Hbond substituents is 1. The maximum atomic E-state index is 9.48. The van der Waals surface area contributed by atoms with Crippen LogP contribution in [0.2, 0.25) is 0 Å². The van der Waals surface area contributed by atoms with E-state index < -0.39 is 0 Å². The minimum atomic E-state index is 0.280. The summed E-state index contributed by atoms with van der Waals surface area (Å²) in [6.45, 7) is 3.38. The van der Waals surface area contributed by atoms with Gasteiger partial charge in [0.1, 0.15) is 5.75 Å². The van der Waals surface area contributed by atoms with Gasteiger partial charge >= 0.3 is 0 Å². The molecule has 0 amide bonds. The molecule has 0 bridgehead atoms. The molecule has 0 radical (unpaired) electrons. The van der Waals surface area contributed by atoms with Crippen LogP contribution >= 0.6 is 0 Å². The lowest BCUT2D eigenvalue weighted by molar-refractivity contribution is 0.341. The van der Waals surface area contributed by atoms with Gasteiger partial charge in [0, 0.05) is 5.54 Å². The molecular formula is C14H21NO. The standard InChI is InChI=1S/C14H21NO/c1-2-7-14(8-4-9-15-14)11-12-5-3-6-13(16)10-12/h3,5-6,10,15-16H,2,4,7-9,11H2,1H3. The Balaban J connectivity index is 2.11. The van der Waals surface area contributed by atoms with E-state index in [9.17, 15) is 5.11 Å². The lowest BCUT2D eigenvalue weighted by Crippen LogP contribution is -2.41. The number of phenols is 1. The number of rotatable bonds is 4. The largest absolute Gasteiger partial charge is 0.508 e. The molecule has 0 spiro atoms. The van der Waals surface area contributed by atoms with Crippen LogP contribution in [0, 0.1) is 0 Å². The molecule has 16 heavy (non-hydrogen) atoms. The summed E-state index contributed by atoms with van der Waals surface area (Å²) >= 11 is 0. The Kier molecular flexibility index (Phi) is 3.49. The highest BCUT2D eigenvalue weighted by Crippen LogP contribution is 2.29. The normalized spacial score (nSPS) is 24.8. The van der Waals surface area contributed by atoms with Crippen molar-refractivity contribution < 1.29 is 5.11 Å². The molecule has 0 aliphatic carbocycles. The Labute approximate surface area is 97.7 Å². The zero-order valence-electron chi connectivity index (χ0n) is 10.00. The van der Waals surface area contributed by atoms with Crippen LogP contribution in [0.15, 0.2) is 24.3 Å². The highest BCUT2D eigenvalue weighted by atomic mass is 16.3. The van der Waals surface area contributed by atoms with E-state index in [1.165, 1.54) is 31.2 Å². The average molecular weight is 219 g/mol. The van der Waals surface area contributed by atoms with Crippen LogP contribution in [0.5, 0.6) is 5.75 Å². The van der Waals surface area contributed by atoms with Gasteiger partial charge < -0.3 is 10.4 Å². The van der Waals surface area contributed by atoms with E-state index in [0.717, 1.165) is 13.0 Å². The van der Waals surface area contributed by atoms with Crippen molar-refractivity contribution >= 4 is 0 Å². The van der Waals surface area contributed by atoms with Crippen molar-refractivity contribution in [2.45, 2.75) is 44.6 Å². The van der Waals surface area contributed by atoms with Crippen LogP contribution in [-0.2, 0) is 6.42 Å². The first kappa shape index (κ1) is 11.5. The van der Waals surface area contributed by atoms with Crippen LogP contribution in [0.1, 0.15) is 38.2 Å². The molecule has 2 rings (SSSR count). The first-order chi connectivity index (χ1) is 7.74. The topological polar surface area (TPSA) is 32.3 Å². The zero-order valence-corrected chi connectivity index (χ0v) is 10.00. The third kappa shape index (κ3) is 2.56. The number of benzene rings is 1. The third-order valence-electron chi connectivity index (χ3n) is 3.51. The maximum Gasteiger partial charge on any atom is 0.115 e. The van der Waals surface area contributed by atoms with Gasteiger partial charge in [-0.1, -0.05) is 25.5 Å². The van der Waals surface area contributed by atoms with Crippen LogP contribution in [0.25, 0.3) is 0 Å². The zero-order chi connectivity index (χ0) is 11.4. The van der Waals surface area contributed by atoms with E-state index in [1.54, 1.807) is 6.07 Å². The van der Waals surface area contributed by atoms with Crippen LogP contribution in [-0.4, -0.2) is 17.2 Å². The number of hydrogen-bond acceptors (Lipinski definition) is 2. The van der Waals surface area contributed by atoms with Crippen molar-refractivity contribution in [1.82, 2.24) is 5.32 Å². The quantitative estimate of drug-likeness (QED) is 0.816. The molecule has 88 valence electrons. The van der Waals surface area contributed by atoms with E-state index in [-0.39, 0.29) is 5.54 Å². The van der Waals surface area contributed by atoms with Crippen molar-refractivity contribution in [2.75, 3.05) is 6.54 Å². The van der Waals surface area contributed by atoms with Gasteiger partial charge in [0.05, 0.1) is 0 Å². The van der Waals surface area contributed by atoms with Crippen LogP contribution in [0.4, 0.5) is 0 Å². The van der Waals surface area contributed by atoms with Gasteiger partial charge in [-0.05, 0) is 49.9 Å². The highest BCUT2D eigenvalue weighted by Gasteiger charge is 2.32. The van der Waals surface area contributed by atoms with Gasteiger partial charge in [0.25, 0.3) is 0 Å². The van der Waals surface area contributed by atoms with Crippen molar-refractivity contribution in [3.63, 3.8) is 0 Å². The fourth-order valence-electron chi connectivity index (χ4n) is 2.86. The minimum absolute atomic E-state index is 0.280. The first-order valence-corrected chi connectivity index (χ1v) is 6.27. The SMILES string of the molecule is CCCC1(Cc2cccc(O)c2)CCCN1. The summed E-state index contributed by atoms with van der Waals surface area (Å²) in [4.78, 5) is 0.